The average Bonchev–Trinajstić information content (AvgIpc) is 2.35. The van der Waals surface area contributed by atoms with Gasteiger partial charge in [0.15, 0.2) is 0 Å². The molecule has 0 radical (unpaired) electrons. The highest BCUT2D eigenvalue weighted by Gasteiger charge is 2.22. The Morgan fingerprint density at radius 3 is 3.00 bits per heavy atom. The molecule has 60 valence electrons. The molecule has 0 amide bonds. The molecule has 1 N–H and O–H groups in total. The lowest BCUT2D eigenvalue weighted by Crippen LogP contribution is -2.28. The highest BCUT2D eigenvalue weighted by atomic mass is 15.4. The lowest BCUT2D eigenvalue weighted by atomic mass is 10.4. The standard InChI is InChI=1S/C7H12N4/c1-10-5-9-7-6(10)3-8-4-11(7)2/h3,9H,4-5H2,1-2H3. The second-order valence-electron chi connectivity index (χ2n) is 2.92. The first-order valence-corrected chi connectivity index (χ1v) is 3.69. The first-order valence-electron chi connectivity index (χ1n) is 3.69. The number of nitrogens with one attached hydrogen (secondary N) is 1. The van der Waals surface area contributed by atoms with Crippen LogP contribution >= 0.6 is 0 Å². The molecule has 0 aromatic heterocycles. The van der Waals surface area contributed by atoms with Gasteiger partial charge in [-0.25, -0.2) is 0 Å². The zero-order valence-electron chi connectivity index (χ0n) is 6.83. The van der Waals surface area contributed by atoms with E-state index in [1.165, 1.54) is 11.5 Å². The highest BCUT2D eigenvalue weighted by molar-refractivity contribution is 5.80. The Hall–Kier alpha value is -1.19. The van der Waals surface area contributed by atoms with E-state index in [2.05, 4.69) is 27.2 Å². The van der Waals surface area contributed by atoms with Gasteiger partial charge in [-0.2, -0.15) is 0 Å². The molecule has 4 heteroatoms. The van der Waals surface area contributed by atoms with Gasteiger partial charge in [0.25, 0.3) is 0 Å². The molecule has 0 bridgehead atoms. The summed E-state index contributed by atoms with van der Waals surface area (Å²) in [5.41, 5.74) is 1.19. The van der Waals surface area contributed by atoms with Gasteiger partial charge >= 0.3 is 0 Å². The summed E-state index contributed by atoms with van der Waals surface area (Å²) in [6.07, 6.45) is 1.93. The van der Waals surface area contributed by atoms with Crippen LogP contribution in [0.1, 0.15) is 0 Å². The van der Waals surface area contributed by atoms with Gasteiger partial charge in [-0.15, -0.1) is 0 Å². The summed E-state index contributed by atoms with van der Waals surface area (Å²) >= 11 is 0. The highest BCUT2D eigenvalue weighted by Crippen LogP contribution is 2.16. The number of nitrogens with zero attached hydrogens (tertiary/aromatic N) is 3. The first-order chi connectivity index (χ1) is 5.29. The van der Waals surface area contributed by atoms with Crippen molar-refractivity contribution in [1.82, 2.24) is 15.1 Å². The van der Waals surface area contributed by atoms with E-state index in [-0.39, 0.29) is 0 Å². The SMILES string of the molecule is CN1CNC2=C1C=NCN2C. The van der Waals surface area contributed by atoms with Gasteiger partial charge < -0.3 is 15.1 Å². The molecule has 11 heavy (non-hydrogen) atoms. The molecule has 2 aliphatic heterocycles. The summed E-state index contributed by atoms with van der Waals surface area (Å²) in [5.74, 6) is 1.20. The second kappa shape index (κ2) is 2.15. The Balaban J connectivity index is 2.33. The number of hydrogen-bond donors (Lipinski definition) is 1. The van der Waals surface area contributed by atoms with Crippen LogP contribution < -0.4 is 5.32 Å². The predicted molar refractivity (Wildman–Crippen MR) is 43.9 cm³/mol. The van der Waals surface area contributed by atoms with E-state index in [0.29, 0.717) is 0 Å². The van der Waals surface area contributed by atoms with Gasteiger partial charge in [0.05, 0.1) is 18.6 Å². The molecular weight excluding hydrogens is 140 g/mol. The maximum atomic E-state index is 4.21. The first kappa shape index (κ1) is 6.52. The minimum Gasteiger partial charge on any atom is -0.353 e. The van der Waals surface area contributed by atoms with E-state index in [4.69, 9.17) is 0 Å². The van der Waals surface area contributed by atoms with Crippen LogP contribution in [0.5, 0.6) is 0 Å². The summed E-state index contributed by atoms with van der Waals surface area (Å²) in [5, 5.41) is 3.30. The molecule has 0 atom stereocenters. The fourth-order valence-corrected chi connectivity index (χ4v) is 1.36. The molecule has 0 saturated carbocycles. The van der Waals surface area contributed by atoms with E-state index in [9.17, 15) is 0 Å². The van der Waals surface area contributed by atoms with Crippen LogP contribution in [0.2, 0.25) is 0 Å². The molecule has 0 aromatic carbocycles. The molecule has 4 nitrogen and oxygen atoms in total. The zero-order valence-corrected chi connectivity index (χ0v) is 6.83. The largest absolute Gasteiger partial charge is 0.353 e. The van der Waals surface area contributed by atoms with Gasteiger partial charge in [0.2, 0.25) is 0 Å². The molecular formula is C7H12N4. The van der Waals surface area contributed by atoms with E-state index in [1.54, 1.807) is 0 Å². The summed E-state index contributed by atoms with van der Waals surface area (Å²) in [7, 11) is 4.10. The fraction of sp³-hybridized carbons (Fsp3) is 0.571. The lowest BCUT2D eigenvalue weighted by Gasteiger charge is -2.21. The van der Waals surface area contributed by atoms with Crippen molar-refractivity contribution in [2.45, 2.75) is 0 Å². The molecule has 0 aliphatic carbocycles. The Kier molecular flexibility index (Phi) is 1.27. The zero-order chi connectivity index (χ0) is 7.84. The maximum absolute atomic E-state index is 4.21. The summed E-state index contributed by atoms with van der Waals surface area (Å²) in [4.78, 5) is 8.47. The van der Waals surface area contributed by atoms with Crippen molar-refractivity contribution in [2.75, 3.05) is 27.4 Å². The molecule has 2 aliphatic rings. The minimum atomic E-state index is 0.764. The molecule has 0 saturated heterocycles. The monoisotopic (exact) mass is 152 g/mol. The van der Waals surface area contributed by atoms with Crippen LogP contribution in [0, 0.1) is 0 Å². The van der Waals surface area contributed by atoms with Crippen molar-refractivity contribution in [3.05, 3.63) is 11.5 Å². The van der Waals surface area contributed by atoms with Crippen molar-refractivity contribution in [3.8, 4) is 0 Å². The number of allylic oxidation sites excluding steroid dienone is 1. The van der Waals surface area contributed by atoms with Crippen LogP contribution in [-0.4, -0.2) is 43.4 Å². The Morgan fingerprint density at radius 2 is 2.27 bits per heavy atom. The molecule has 2 heterocycles. The third-order valence-corrected chi connectivity index (χ3v) is 2.03. The summed E-state index contributed by atoms with van der Waals surface area (Å²) < 4.78 is 0. The van der Waals surface area contributed by atoms with E-state index in [0.717, 1.165) is 13.3 Å². The van der Waals surface area contributed by atoms with Crippen molar-refractivity contribution in [1.29, 1.82) is 0 Å². The minimum absolute atomic E-state index is 0.764. The smallest absolute Gasteiger partial charge is 0.130 e. The average molecular weight is 152 g/mol. The van der Waals surface area contributed by atoms with Crippen LogP contribution in [0.4, 0.5) is 0 Å². The predicted octanol–water partition coefficient (Wildman–Crippen LogP) is -0.378. The van der Waals surface area contributed by atoms with Crippen LogP contribution in [0.15, 0.2) is 16.5 Å². The van der Waals surface area contributed by atoms with Crippen molar-refractivity contribution < 1.29 is 0 Å². The fourth-order valence-electron chi connectivity index (χ4n) is 1.36. The Bertz CT molecular complexity index is 231. The topological polar surface area (TPSA) is 30.9 Å². The summed E-state index contributed by atoms with van der Waals surface area (Å²) in [6.45, 7) is 1.65. The van der Waals surface area contributed by atoms with Crippen molar-refractivity contribution >= 4 is 6.21 Å². The Morgan fingerprint density at radius 1 is 1.45 bits per heavy atom. The lowest BCUT2D eigenvalue weighted by molar-refractivity contribution is 0.401. The van der Waals surface area contributed by atoms with Gasteiger partial charge in [-0.1, -0.05) is 0 Å². The van der Waals surface area contributed by atoms with Crippen LogP contribution in [0.3, 0.4) is 0 Å². The van der Waals surface area contributed by atoms with Crippen LogP contribution in [-0.2, 0) is 0 Å². The normalized spacial score (nSPS) is 22.4. The van der Waals surface area contributed by atoms with Gasteiger partial charge in [0, 0.05) is 14.1 Å². The van der Waals surface area contributed by atoms with Crippen molar-refractivity contribution in [3.63, 3.8) is 0 Å². The van der Waals surface area contributed by atoms with E-state index in [1.807, 2.05) is 13.3 Å². The number of rotatable bonds is 0. The molecule has 0 spiro atoms. The molecule has 2 rings (SSSR count). The molecule has 0 unspecified atom stereocenters. The third-order valence-electron chi connectivity index (χ3n) is 2.03. The van der Waals surface area contributed by atoms with Crippen molar-refractivity contribution in [2.24, 2.45) is 4.99 Å². The second-order valence-corrected chi connectivity index (χ2v) is 2.92. The van der Waals surface area contributed by atoms with Gasteiger partial charge in [-0.3, -0.25) is 4.99 Å². The molecule has 0 aromatic rings. The maximum Gasteiger partial charge on any atom is 0.130 e. The number of aliphatic imine (C=N–C) groups is 1. The Labute approximate surface area is 66.2 Å². The summed E-state index contributed by atoms with van der Waals surface area (Å²) in [6, 6.07) is 0. The third kappa shape index (κ3) is 0.859. The van der Waals surface area contributed by atoms with E-state index >= 15 is 0 Å². The number of hydrogen-bond acceptors (Lipinski definition) is 4. The van der Waals surface area contributed by atoms with Crippen LogP contribution in [0.25, 0.3) is 0 Å². The van der Waals surface area contributed by atoms with Gasteiger partial charge in [0.1, 0.15) is 12.5 Å². The van der Waals surface area contributed by atoms with E-state index < -0.39 is 0 Å². The van der Waals surface area contributed by atoms with Gasteiger partial charge in [-0.05, 0) is 0 Å². The quantitative estimate of drug-likeness (QED) is 0.513. The molecule has 0 fully saturated rings.